The standard InChI is InChI=1S/C9H18N2O3/c10-8(1-2-9(12)13)7-11-3-5-14-6-4-11/h8H,1-7,10H2,(H,12,13)/t8-/m0/s1. The Balaban J connectivity index is 2.11. The van der Waals surface area contributed by atoms with E-state index in [2.05, 4.69) is 4.90 Å². The Morgan fingerprint density at radius 2 is 2.14 bits per heavy atom. The summed E-state index contributed by atoms with van der Waals surface area (Å²) < 4.78 is 5.20. The fourth-order valence-corrected chi connectivity index (χ4v) is 1.52. The molecule has 1 aliphatic heterocycles. The topological polar surface area (TPSA) is 75.8 Å². The van der Waals surface area contributed by atoms with Crippen molar-refractivity contribution in [3.8, 4) is 0 Å². The highest BCUT2D eigenvalue weighted by Crippen LogP contribution is 2.01. The van der Waals surface area contributed by atoms with E-state index in [1.54, 1.807) is 0 Å². The van der Waals surface area contributed by atoms with E-state index in [1.807, 2.05) is 0 Å². The van der Waals surface area contributed by atoms with Crippen LogP contribution < -0.4 is 5.73 Å². The van der Waals surface area contributed by atoms with Crippen molar-refractivity contribution in [3.63, 3.8) is 0 Å². The van der Waals surface area contributed by atoms with E-state index < -0.39 is 5.97 Å². The van der Waals surface area contributed by atoms with Crippen LogP contribution in [0.3, 0.4) is 0 Å². The van der Waals surface area contributed by atoms with Crippen LogP contribution in [0.25, 0.3) is 0 Å². The normalized spacial score (nSPS) is 20.6. The summed E-state index contributed by atoms with van der Waals surface area (Å²) in [5.41, 5.74) is 5.81. The molecular weight excluding hydrogens is 184 g/mol. The van der Waals surface area contributed by atoms with Crippen molar-refractivity contribution in [1.29, 1.82) is 0 Å². The summed E-state index contributed by atoms with van der Waals surface area (Å²) in [6.45, 7) is 4.09. The average Bonchev–Trinajstić information content (AvgIpc) is 2.16. The van der Waals surface area contributed by atoms with Gasteiger partial charge in [0.1, 0.15) is 0 Å². The van der Waals surface area contributed by atoms with Crippen LogP contribution in [0.2, 0.25) is 0 Å². The maximum atomic E-state index is 10.3. The molecule has 5 heteroatoms. The van der Waals surface area contributed by atoms with Gasteiger partial charge in [0.2, 0.25) is 0 Å². The van der Waals surface area contributed by atoms with Crippen molar-refractivity contribution < 1.29 is 14.6 Å². The molecule has 1 rings (SSSR count). The molecule has 0 radical (unpaired) electrons. The van der Waals surface area contributed by atoms with Gasteiger partial charge < -0.3 is 15.6 Å². The van der Waals surface area contributed by atoms with Gasteiger partial charge >= 0.3 is 5.97 Å². The first kappa shape index (κ1) is 11.4. The molecule has 1 heterocycles. The molecule has 1 aliphatic rings. The van der Waals surface area contributed by atoms with Crippen LogP contribution in [0.15, 0.2) is 0 Å². The van der Waals surface area contributed by atoms with Gasteiger partial charge in [-0.3, -0.25) is 9.69 Å². The summed E-state index contributed by atoms with van der Waals surface area (Å²) in [4.78, 5) is 12.5. The van der Waals surface area contributed by atoms with Crippen molar-refractivity contribution in [1.82, 2.24) is 4.90 Å². The molecule has 0 aromatic heterocycles. The number of nitrogens with zero attached hydrogens (tertiary/aromatic N) is 1. The van der Waals surface area contributed by atoms with Crippen molar-refractivity contribution in [3.05, 3.63) is 0 Å². The second-order valence-corrected chi connectivity index (χ2v) is 3.61. The zero-order chi connectivity index (χ0) is 10.4. The number of aliphatic carboxylic acids is 1. The predicted molar refractivity (Wildman–Crippen MR) is 52.1 cm³/mol. The minimum atomic E-state index is -0.776. The summed E-state index contributed by atoms with van der Waals surface area (Å²) in [7, 11) is 0. The van der Waals surface area contributed by atoms with Crippen LogP contribution in [0.1, 0.15) is 12.8 Å². The molecule has 0 saturated carbocycles. The van der Waals surface area contributed by atoms with E-state index in [1.165, 1.54) is 0 Å². The monoisotopic (exact) mass is 202 g/mol. The zero-order valence-corrected chi connectivity index (χ0v) is 8.32. The number of ether oxygens (including phenoxy) is 1. The van der Waals surface area contributed by atoms with Crippen molar-refractivity contribution in [2.45, 2.75) is 18.9 Å². The molecule has 0 aliphatic carbocycles. The molecule has 82 valence electrons. The maximum Gasteiger partial charge on any atom is 0.303 e. The van der Waals surface area contributed by atoms with E-state index in [-0.39, 0.29) is 12.5 Å². The van der Waals surface area contributed by atoms with Gasteiger partial charge in [0.05, 0.1) is 13.2 Å². The molecule has 0 aromatic carbocycles. The Hall–Kier alpha value is -0.650. The number of hydrogen-bond donors (Lipinski definition) is 2. The molecule has 1 fully saturated rings. The SMILES string of the molecule is N[C@@H](CCC(=O)O)CN1CCOCC1. The lowest BCUT2D eigenvalue weighted by Crippen LogP contribution is -2.43. The molecule has 14 heavy (non-hydrogen) atoms. The number of nitrogens with two attached hydrogens (primary N) is 1. The summed E-state index contributed by atoms with van der Waals surface area (Å²) in [6.07, 6.45) is 0.707. The number of rotatable bonds is 5. The third-order valence-electron chi connectivity index (χ3n) is 2.33. The number of carboxylic acids is 1. The highest BCUT2D eigenvalue weighted by atomic mass is 16.5. The molecule has 1 saturated heterocycles. The summed E-state index contributed by atoms with van der Waals surface area (Å²) >= 11 is 0. The molecule has 0 unspecified atom stereocenters. The predicted octanol–water partition coefficient (Wildman–Crippen LogP) is -0.489. The number of hydrogen-bond acceptors (Lipinski definition) is 4. The van der Waals surface area contributed by atoms with Gasteiger partial charge in [-0.1, -0.05) is 0 Å². The van der Waals surface area contributed by atoms with Gasteiger partial charge in [0.15, 0.2) is 0 Å². The molecular formula is C9H18N2O3. The molecule has 0 aromatic rings. The Morgan fingerprint density at radius 1 is 1.50 bits per heavy atom. The van der Waals surface area contributed by atoms with Gasteiger partial charge in [-0.2, -0.15) is 0 Å². The van der Waals surface area contributed by atoms with Gasteiger partial charge in [-0.15, -0.1) is 0 Å². The molecule has 0 amide bonds. The van der Waals surface area contributed by atoms with E-state index >= 15 is 0 Å². The highest BCUT2D eigenvalue weighted by Gasteiger charge is 2.14. The first-order valence-electron chi connectivity index (χ1n) is 4.96. The minimum absolute atomic E-state index is 0.0378. The van der Waals surface area contributed by atoms with E-state index in [0.717, 1.165) is 32.8 Å². The fourth-order valence-electron chi connectivity index (χ4n) is 1.52. The summed E-state index contributed by atoms with van der Waals surface area (Å²) in [5.74, 6) is -0.776. The zero-order valence-electron chi connectivity index (χ0n) is 8.32. The Labute approximate surface area is 83.8 Å². The van der Waals surface area contributed by atoms with E-state index in [9.17, 15) is 4.79 Å². The summed E-state index contributed by atoms with van der Waals surface area (Å²) in [5, 5.41) is 8.48. The quantitative estimate of drug-likeness (QED) is 0.629. The molecule has 1 atom stereocenters. The van der Waals surface area contributed by atoms with E-state index in [4.69, 9.17) is 15.6 Å². The summed E-state index contributed by atoms with van der Waals surface area (Å²) in [6, 6.07) is -0.0378. The lowest BCUT2D eigenvalue weighted by molar-refractivity contribution is -0.137. The van der Waals surface area contributed by atoms with Gasteiger partial charge in [-0.25, -0.2) is 0 Å². The fraction of sp³-hybridized carbons (Fsp3) is 0.889. The number of morpholine rings is 1. The van der Waals surface area contributed by atoms with Crippen LogP contribution in [-0.2, 0) is 9.53 Å². The van der Waals surface area contributed by atoms with Crippen LogP contribution in [0, 0.1) is 0 Å². The third kappa shape index (κ3) is 4.55. The highest BCUT2D eigenvalue weighted by molar-refractivity contribution is 5.66. The first-order chi connectivity index (χ1) is 6.68. The van der Waals surface area contributed by atoms with Crippen LogP contribution in [-0.4, -0.2) is 54.9 Å². The van der Waals surface area contributed by atoms with E-state index in [0.29, 0.717) is 6.42 Å². The van der Waals surface area contributed by atoms with Crippen LogP contribution in [0.5, 0.6) is 0 Å². The smallest absolute Gasteiger partial charge is 0.303 e. The van der Waals surface area contributed by atoms with Crippen molar-refractivity contribution >= 4 is 5.97 Å². The van der Waals surface area contributed by atoms with Crippen molar-refractivity contribution in [2.75, 3.05) is 32.8 Å². The van der Waals surface area contributed by atoms with Crippen LogP contribution in [0.4, 0.5) is 0 Å². The minimum Gasteiger partial charge on any atom is -0.481 e. The number of carbonyl (C=O) groups is 1. The third-order valence-corrected chi connectivity index (χ3v) is 2.33. The first-order valence-corrected chi connectivity index (χ1v) is 4.96. The van der Waals surface area contributed by atoms with Crippen LogP contribution >= 0.6 is 0 Å². The lowest BCUT2D eigenvalue weighted by Gasteiger charge is -2.28. The molecule has 0 spiro atoms. The Kier molecular flexibility index (Phi) is 4.86. The molecule has 5 nitrogen and oxygen atoms in total. The Bertz CT molecular complexity index is 181. The largest absolute Gasteiger partial charge is 0.481 e. The van der Waals surface area contributed by atoms with Gasteiger partial charge in [-0.05, 0) is 6.42 Å². The lowest BCUT2D eigenvalue weighted by atomic mass is 10.1. The second-order valence-electron chi connectivity index (χ2n) is 3.61. The van der Waals surface area contributed by atoms with Crippen molar-refractivity contribution in [2.24, 2.45) is 5.73 Å². The number of carboxylic acid groups (broad SMARTS) is 1. The average molecular weight is 202 g/mol. The van der Waals surface area contributed by atoms with Gasteiger partial charge in [0.25, 0.3) is 0 Å². The Morgan fingerprint density at radius 3 is 2.71 bits per heavy atom. The molecule has 0 bridgehead atoms. The maximum absolute atomic E-state index is 10.3. The molecule has 3 N–H and O–H groups in total. The van der Waals surface area contributed by atoms with Gasteiger partial charge in [0, 0.05) is 32.1 Å². The second kappa shape index (κ2) is 5.95.